The summed E-state index contributed by atoms with van der Waals surface area (Å²) in [6.45, 7) is 0.667. The highest BCUT2D eigenvalue weighted by atomic mass is 32.2. The molecule has 134 valence electrons. The molecule has 0 aliphatic heterocycles. The standard InChI is InChI=1S/C17H25NO5S/c1-24(20,21)23-14-17(10-6-3-7-11-17)13-18-16(19)22-12-15-8-4-2-5-9-15/h2,4-5,8-9H,3,6-7,10-14H2,1H3,(H,18,19). The van der Waals surface area contributed by atoms with Crippen molar-refractivity contribution >= 4 is 16.2 Å². The van der Waals surface area contributed by atoms with E-state index in [4.69, 9.17) is 8.92 Å². The van der Waals surface area contributed by atoms with Crippen LogP contribution in [-0.2, 0) is 25.6 Å². The Bertz CT molecular complexity index is 624. The number of carbonyl (C=O) groups excluding carboxylic acids is 1. The third kappa shape index (κ3) is 6.49. The lowest BCUT2D eigenvalue weighted by Crippen LogP contribution is -2.42. The monoisotopic (exact) mass is 355 g/mol. The molecule has 0 saturated heterocycles. The topological polar surface area (TPSA) is 81.7 Å². The van der Waals surface area contributed by atoms with Crippen LogP contribution in [-0.4, -0.2) is 33.9 Å². The molecule has 0 heterocycles. The van der Waals surface area contributed by atoms with E-state index < -0.39 is 16.2 Å². The zero-order valence-corrected chi connectivity index (χ0v) is 14.8. The number of carbonyl (C=O) groups is 1. The van der Waals surface area contributed by atoms with Crippen molar-refractivity contribution in [3.05, 3.63) is 35.9 Å². The molecule has 24 heavy (non-hydrogen) atoms. The number of ether oxygens (including phenoxy) is 1. The Morgan fingerprint density at radius 2 is 1.83 bits per heavy atom. The number of alkyl carbamates (subject to hydrolysis) is 1. The molecule has 1 fully saturated rings. The summed E-state index contributed by atoms with van der Waals surface area (Å²) in [7, 11) is -3.49. The summed E-state index contributed by atoms with van der Waals surface area (Å²) in [5.74, 6) is 0. The lowest BCUT2D eigenvalue weighted by Gasteiger charge is -2.36. The fourth-order valence-electron chi connectivity index (χ4n) is 2.94. The van der Waals surface area contributed by atoms with Gasteiger partial charge in [0, 0.05) is 12.0 Å². The van der Waals surface area contributed by atoms with Crippen molar-refractivity contribution in [1.29, 1.82) is 0 Å². The smallest absolute Gasteiger partial charge is 0.407 e. The number of hydrogen-bond donors (Lipinski definition) is 1. The molecule has 1 aromatic carbocycles. The molecule has 2 rings (SSSR count). The Morgan fingerprint density at radius 1 is 1.17 bits per heavy atom. The quantitative estimate of drug-likeness (QED) is 0.761. The van der Waals surface area contributed by atoms with E-state index in [2.05, 4.69) is 5.32 Å². The highest BCUT2D eigenvalue weighted by Crippen LogP contribution is 2.36. The Morgan fingerprint density at radius 3 is 2.46 bits per heavy atom. The summed E-state index contributed by atoms with van der Waals surface area (Å²) < 4.78 is 32.8. The summed E-state index contributed by atoms with van der Waals surface area (Å²) in [5, 5.41) is 2.76. The van der Waals surface area contributed by atoms with E-state index in [0.717, 1.165) is 43.9 Å². The van der Waals surface area contributed by atoms with E-state index in [1.165, 1.54) is 0 Å². The van der Waals surface area contributed by atoms with Gasteiger partial charge in [0.1, 0.15) is 6.61 Å². The van der Waals surface area contributed by atoms with Crippen molar-refractivity contribution in [3.63, 3.8) is 0 Å². The zero-order valence-electron chi connectivity index (χ0n) is 14.0. The fraction of sp³-hybridized carbons (Fsp3) is 0.588. The van der Waals surface area contributed by atoms with Gasteiger partial charge in [-0.2, -0.15) is 8.42 Å². The molecule has 1 aliphatic rings. The van der Waals surface area contributed by atoms with Gasteiger partial charge in [0.25, 0.3) is 10.1 Å². The molecule has 0 radical (unpaired) electrons. The van der Waals surface area contributed by atoms with Crippen molar-refractivity contribution in [2.45, 2.75) is 38.7 Å². The Balaban J connectivity index is 1.84. The largest absolute Gasteiger partial charge is 0.445 e. The lowest BCUT2D eigenvalue weighted by molar-refractivity contribution is 0.0901. The predicted molar refractivity (Wildman–Crippen MR) is 90.9 cm³/mol. The van der Waals surface area contributed by atoms with Gasteiger partial charge < -0.3 is 10.1 Å². The van der Waals surface area contributed by atoms with Gasteiger partial charge >= 0.3 is 6.09 Å². The summed E-state index contributed by atoms with van der Waals surface area (Å²) in [6, 6.07) is 9.44. The minimum absolute atomic E-state index is 0.102. The third-order valence-corrected chi connectivity index (χ3v) is 4.86. The van der Waals surface area contributed by atoms with Gasteiger partial charge in [-0.3, -0.25) is 4.18 Å². The van der Waals surface area contributed by atoms with Crippen LogP contribution in [0, 0.1) is 5.41 Å². The molecular weight excluding hydrogens is 330 g/mol. The van der Waals surface area contributed by atoms with E-state index in [1.54, 1.807) is 0 Å². The molecule has 1 N–H and O–H groups in total. The van der Waals surface area contributed by atoms with Gasteiger partial charge in [-0.05, 0) is 18.4 Å². The second-order valence-corrected chi connectivity index (χ2v) is 8.09. The molecule has 0 atom stereocenters. The highest BCUT2D eigenvalue weighted by molar-refractivity contribution is 7.85. The minimum atomic E-state index is -3.49. The lowest BCUT2D eigenvalue weighted by atomic mass is 9.74. The van der Waals surface area contributed by atoms with Gasteiger partial charge in [0.15, 0.2) is 0 Å². The fourth-order valence-corrected chi connectivity index (χ4v) is 3.40. The van der Waals surface area contributed by atoms with E-state index in [0.29, 0.717) is 6.54 Å². The van der Waals surface area contributed by atoms with Crippen molar-refractivity contribution in [2.75, 3.05) is 19.4 Å². The van der Waals surface area contributed by atoms with Gasteiger partial charge in [0.2, 0.25) is 0 Å². The van der Waals surface area contributed by atoms with Crippen LogP contribution in [0.3, 0.4) is 0 Å². The van der Waals surface area contributed by atoms with Crippen molar-refractivity contribution < 1.29 is 22.1 Å². The van der Waals surface area contributed by atoms with Crippen LogP contribution >= 0.6 is 0 Å². The maximum atomic E-state index is 11.9. The van der Waals surface area contributed by atoms with Crippen molar-refractivity contribution in [2.24, 2.45) is 5.41 Å². The van der Waals surface area contributed by atoms with E-state index in [9.17, 15) is 13.2 Å². The van der Waals surface area contributed by atoms with Crippen LogP contribution in [0.1, 0.15) is 37.7 Å². The summed E-state index contributed by atoms with van der Waals surface area (Å²) in [4.78, 5) is 11.9. The molecule has 1 aliphatic carbocycles. The maximum Gasteiger partial charge on any atom is 0.407 e. The first-order chi connectivity index (χ1) is 11.4. The van der Waals surface area contributed by atoms with E-state index in [1.807, 2.05) is 30.3 Å². The first-order valence-corrected chi connectivity index (χ1v) is 9.99. The zero-order chi connectivity index (χ0) is 17.5. The van der Waals surface area contributed by atoms with Crippen molar-refractivity contribution in [3.8, 4) is 0 Å². The van der Waals surface area contributed by atoms with Gasteiger partial charge in [-0.25, -0.2) is 4.79 Å². The van der Waals surface area contributed by atoms with Crippen LogP contribution in [0.5, 0.6) is 0 Å². The van der Waals surface area contributed by atoms with Gasteiger partial charge in [0.05, 0.1) is 12.9 Å². The molecule has 1 aromatic rings. The first kappa shape index (κ1) is 18.7. The van der Waals surface area contributed by atoms with Crippen LogP contribution in [0.15, 0.2) is 30.3 Å². The highest BCUT2D eigenvalue weighted by Gasteiger charge is 2.34. The predicted octanol–water partition coefficient (Wildman–Crippen LogP) is 2.84. The normalized spacial score (nSPS) is 17.2. The van der Waals surface area contributed by atoms with Crippen LogP contribution in [0.2, 0.25) is 0 Å². The molecular formula is C17H25NO5S. The number of amides is 1. The maximum absolute atomic E-state index is 11.9. The second-order valence-electron chi connectivity index (χ2n) is 6.44. The van der Waals surface area contributed by atoms with Crippen LogP contribution in [0.25, 0.3) is 0 Å². The second kappa shape index (κ2) is 8.48. The van der Waals surface area contributed by atoms with Crippen molar-refractivity contribution in [1.82, 2.24) is 5.32 Å². The summed E-state index contributed by atoms with van der Waals surface area (Å²) >= 11 is 0. The summed E-state index contributed by atoms with van der Waals surface area (Å²) in [6.07, 6.45) is 5.36. The third-order valence-electron chi connectivity index (χ3n) is 4.31. The molecule has 1 saturated carbocycles. The van der Waals surface area contributed by atoms with Crippen LogP contribution < -0.4 is 5.32 Å². The Labute approximate surface area is 143 Å². The van der Waals surface area contributed by atoms with Gasteiger partial charge in [-0.15, -0.1) is 0 Å². The number of nitrogens with one attached hydrogen (secondary N) is 1. The SMILES string of the molecule is CS(=O)(=O)OCC1(CNC(=O)OCc2ccccc2)CCCCC1. The molecule has 6 nitrogen and oxygen atoms in total. The number of hydrogen-bond acceptors (Lipinski definition) is 5. The molecule has 1 amide bonds. The minimum Gasteiger partial charge on any atom is -0.445 e. The van der Waals surface area contributed by atoms with E-state index in [-0.39, 0.29) is 18.6 Å². The molecule has 7 heteroatoms. The molecule has 0 aromatic heterocycles. The number of benzene rings is 1. The first-order valence-electron chi connectivity index (χ1n) is 8.18. The van der Waals surface area contributed by atoms with Gasteiger partial charge in [-0.1, -0.05) is 49.6 Å². The van der Waals surface area contributed by atoms with E-state index >= 15 is 0 Å². The average molecular weight is 355 g/mol. The number of rotatable bonds is 7. The summed E-state index contributed by atoms with van der Waals surface area (Å²) in [5.41, 5.74) is 0.577. The molecule has 0 spiro atoms. The molecule has 0 bridgehead atoms. The Hall–Kier alpha value is -1.60. The molecule has 0 unspecified atom stereocenters. The van der Waals surface area contributed by atoms with Crippen LogP contribution in [0.4, 0.5) is 4.79 Å². The Kier molecular flexibility index (Phi) is 6.62. The average Bonchev–Trinajstić information content (AvgIpc) is 2.58.